The Balaban J connectivity index is 2.16. The molecule has 1 aromatic heterocycles. The molecule has 3 nitrogen and oxygen atoms in total. The number of halogens is 1. The molecule has 0 saturated carbocycles. The topological polar surface area (TPSA) is 37.8 Å². The Hall–Kier alpha value is -1.81. The Labute approximate surface area is 119 Å². The first-order valence-electron chi connectivity index (χ1n) is 6.95. The highest BCUT2D eigenvalue weighted by Crippen LogP contribution is 2.17. The molecule has 0 spiro atoms. The number of nitrogens with one attached hydrogen (secondary N) is 1. The first-order chi connectivity index (χ1) is 9.69. The molecule has 0 saturated heterocycles. The van der Waals surface area contributed by atoms with Crippen LogP contribution in [0.1, 0.15) is 36.3 Å². The predicted octanol–water partition coefficient (Wildman–Crippen LogP) is 3.21. The standard InChI is InChI=1S/C16H20FN3/c1-3-7-18-15(16-11-19-12(2)10-20-16)9-13-5-4-6-14(17)8-13/h4-6,8,10-11,15,18H,3,7,9H2,1-2H3. The molecule has 1 atom stereocenters. The van der Waals surface area contributed by atoms with E-state index in [1.54, 1.807) is 24.5 Å². The first-order valence-corrected chi connectivity index (χ1v) is 6.95. The molecule has 0 amide bonds. The predicted molar refractivity (Wildman–Crippen MR) is 77.9 cm³/mol. The van der Waals surface area contributed by atoms with E-state index in [1.165, 1.54) is 6.07 Å². The van der Waals surface area contributed by atoms with Crippen LogP contribution >= 0.6 is 0 Å². The van der Waals surface area contributed by atoms with E-state index in [4.69, 9.17) is 0 Å². The summed E-state index contributed by atoms with van der Waals surface area (Å²) in [5, 5.41) is 3.45. The number of hydrogen-bond donors (Lipinski definition) is 1. The van der Waals surface area contributed by atoms with Crippen LogP contribution < -0.4 is 5.32 Å². The Kier molecular flexibility index (Phi) is 5.18. The van der Waals surface area contributed by atoms with Crippen LogP contribution in [0.2, 0.25) is 0 Å². The Morgan fingerprint density at radius 1 is 1.25 bits per heavy atom. The van der Waals surface area contributed by atoms with Gasteiger partial charge in [-0.3, -0.25) is 9.97 Å². The zero-order chi connectivity index (χ0) is 14.4. The van der Waals surface area contributed by atoms with Crippen molar-refractivity contribution in [3.63, 3.8) is 0 Å². The van der Waals surface area contributed by atoms with Crippen LogP contribution in [0.5, 0.6) is 0 Å². The largest absolute Gasteiger partial charge is 0.308 e. The lowest BCUT2D eigenvalue weighted by molar-refractivity contribution is 0.514. The minimum absolute atomic E-state index is 0.0600. The van der Waals surface area contributed by atoms with E-state index in [0.717, 1.165) is 29.9 Å². The van der Waals surface area contributed by atoms with Gasteiger partial charge in [0.05, 0.1) is 23.6 Å². The van der Waals surface area contributed by atoms with Gasteiger partial charge in [0.15, 0.2) is 0 Å². The lowest BCUT2D eigenvalue weighted by Gasteiger charge is -2.18. The van der Waals surface area contributed by atoms with Crippen molar-refractivity contribution in [3.8, 4) is 0 Å². The number of aryl methyl sites for hydroxylation is 1. The molecule has 0 bridgehead atoms. The number of hydrogen-bond acceptors (Lipinski definition) is 3. The maximum atomic E-state index is 13.3. The molecule has 0 aliphatic rings. The monoisotopic (exact) mass is 273 g/mol. The fraction of sp³-hybridized carbons (Fsp3) is 0.375. The molecule has 1 unspecified atom stereocenters. The van der Waals surface area contributed by atoms with Crippen LogP contribution in [0, 0.1) is 12.7 Å². The molecule has 4 heteroatoms. The average Bonchev–Trinajstić information content (AvgIpc) is 2.44. The van der Waals surface area contributed by atoms with E-state index in [0.29, 0.717) is 6.42 Å². The molecule has 2 aromatic rings. The SMILES string of the molecule is CCCNC(Cc1cccc(F)c1)c1cnc(C)cn1. The molecule has 0 aliphatic carbocycles. The molecule has 1 aromatic carbocycles. The molecule has 0 fully saturated rings. The Bertz CT molecular complexity index is 540. The summed E-state index contributed by atoms with van der Waals surface area (Å²) in [5.41, 5.74) is 2.75. The van der Waals surface area contributed by atoms with Crippen LogP contribution in [0.4, 0.5) is 4.39 Å². The average molecular weight is 273 g/mol. The van der Waals surface area contributed by atoms with Gasteiger partial charge < -0.3 is 5.32 Å². The van der Waals surface area contributed by atoms with Crippen LogP contribution in [-0.4, -0.2) is 16.5 Å². The zero-order valence-electron chi connectivity index (χ0n) is 11.9. The van der Waals surface area contributed by atoms with Gasteiger partial charge in [-0.25, -0.2) is 4.39 Å². The summed E-state index contributed by atoms with van der Waals surface area (Å²) in [6.07, 6.45) is 5.30. The van der Waals surface area contributed by atoms with E-state index in [1.807, 2.05) is 13.0 Å². The fourth-order valence-electron chi connectivity index (χ4n) is 2.08. The molecule has 1 heterocycles. The number of aromatic nitrogens is 2. The van der Waals surface area contributed by atoms with Gasteiger partial charge in [0.1, 0.15) is 5.82 Å². The second-order valence-electron chi connectivity index (χ2n) is 4.92. The molecule has 106 valence electrons. The minimum Gasteiger partial charge on any atom is -0.308 e. The molecule has 1 N–H and O–H groups in total. The summed E-state index contributed by atoms with van der Waals surface area (Å²) in [5.74, 6) is -0.202. The third-order valence-corrected chi connectivity index (χ3v) is 3.13. The normalized spacial score (nSPS) is 12.3. The maximum absolute atomic E-state index is 13.3. The smallest absolute Gasteiger partial charge is 0.123 e. The van der Waals surface area contributed by atoms with Crippen LogP contribution in [0.25, 0.3) is 0 Å². The van der Waals surface area contributed by atoms with Crippen molar-refractivity contribution < 1.29 is 4.39 Å². The van der Waals surface area contributed by atoms with Crippen LogP contribution in [0.15, 0.2) is 36.7 Å². The molecular weight excluding hydrogens is 253 g/mol. The van der Waals surface area contributed by atoms with Gasteiger partial charge in [-0.15, -0.1) is 0 Å². The van der Waals surface area contributed by atoms with Gasteiger partial charge in [0, 0.05) is 6.20 Å². The second kappa shape index (κ2) is 7.10. The van der Waals surface area contributed by atoms with Crippen molar-refractivity contribution >= 4 is 0 Å². The summed E-state index contributed by atoms with van der Waals surface area (Å²) in [4.78, 5) is 8.72. The van der Waals surface area contributed by atoms with Crippen molar-refractivity contribution in [3.05, 3.63) is 59.4 Å². The molecular formula is C16H20FN3. The molecule has 0 radical (unpaired) electrons. The minimum atomic E-state index is -0.202. The highest BCUT2D eigenvalue weighted by atomic mass is 19.1. The summed E-state index contributed by atoms with van der Waals surface area (Å²) in [6, 6.07) is 6.77. The number of rotatable bonds is 6. The molecule has 0 aliphatic heterocycles. The van der Waals surface area contributed by atoms with Gasteiger partial charge in [-0.1, -0.05) is 19.1 Å². The van der Waals surface area contributed by atoms with Gasteiger partial charge in [-0.2, -0.15) is 0 Å². The third kappa shape index (κ3) is 4.10. The highest BCUT2D eigenvalue weighted by molar-refractivity contribution is 5.19. The van der Waals surface area contributed by atoms with E-state index < -0.39 is 0 Å². The van der Waals surface area contributed by atoms with Crippen molar-refractivity contribution in [2.24, 2.45) is 0 Å². The number of nitrogens with zero attached hydrogens (tertiary/aromatic N) is 2. The van der Waals surface area contributed by atoms with Crippen LogP contribution in [0.3, 0.4) is 0 Å². The number of benzene rings is 1. The summed E-state index contributed by atoms with van der Waals surface area (Å²) in [6.45, 7) is 4.93. The first kappa shape index (κ1) is 14.6. The van der Waals surface area contributed by atoms with E-state index in [2.05, 4.69) is 22.2 Å². The summed E-state index contributed by atoms with van der Waals surface area (Å²) in [7, 11) is 0. The highest BCUT2D eigenvalue weighted by Gasteiger charge is 2.13. The lowest BCUT2D eigenvalue weighted by Crippen LogP contribution is -2.25. The van der Waals surface area contributed by atoms with Gasteiger partial charge in [-0.05, 0) is 44.0 Å². The maximum Gasteiger partial charge on any atom is 0.123 e. The molecule has 20 heavy (non-hydrogen) atoms. The van der Waals surface area contributed by atoms with Gasteiger partial charge in [0.25, 0.3) is 0 Å². The lowest BCUT2D eigenvalue weighted by atomic mass is 10.0. The summed E-state index contributed by atoms with van der Waals surface area (Å²) >= 11 is 0. The van der Waals surface area contributed by atoms with Crippen molar-refractivity contribution in [2.75, 3.05) is 6.54 Å². The fourth-order valence-corrected chi connectivity index (χ4v) is 2.08. The van der Waals surface area contributed by atoms with Gasteiger partial charge in [0.2, 0.25) is 0 Å². The van der Waals surface area contributed by atoms with Crippen molar-refractivity contribution in [1.29, 1.82) is 0 Å². The van der Waals surface area contributed by atoms with E-state index in [-0.39, 0.29) is 11.9 Å². The van der Waals surface area contributed by atoms with E-state index >= 15 is 0 Å². The van der Waals surface area contributed by atoms with Crippen LogP contribution in [-0.2, 0) is 6.42 Å². The third-order valence-electron chi connectivity index (χ3n) is 3.13. The quantitative estimate of drug-likeness (QED) is 0.878. The van der Waals surface area contributed by atoms with E-state index in [9.17, 15) is 4.39 Å². The summed E-state index contributed by atoms with van der Waals surface area (Å²) < 4.78 is 13.3. The Morgan fingerprint density at radius 3 is 2.75 bits per heavy atom. The Morgan fingerprint density at radius 2 is 2.10 bits per heavy atom. The zero-order valence-corrected chi connectivity index (χ0v) is 11.9. The van der Waals surface area contributed by atoms with Crippen molar-refractivity contribution in [2.45, 2.75) is 32.7 Å². The van der Waals surface area contributed by atoms with Gasteiger partial charge >= 0.3 is 0 Å². The molecule has 2 rings (SSSR count). The second-order valence-corrected chi connectivity index (χ2v) is 4.92. The van der Waals surface area contributed by atoms with Crippen molar-refractivity contribution in [1.82, 2.24) is 15.3 Å².